The molecule has 0 radical (unpaired) electrons. The lowest BCUT2D eigenvalue weighted by atomic mass is 10.1. The van der Waals surface area contributed by atoms with E-state index in [1.165, 1.54) is 41.7 Å². The summed E-state index contributed by atoms with van der Waals surface area (Å²) in [5.41, 5.74) is 5.71. The Kier molecular flexibility index (Phi) is 3.82. The van der Waals surface area contributed by atoms with E-state index in [1.807, 2.05) is 0 Å². The molecule has 126 valence electrons. The number of anilines is 1. The second-order valence-corrected chi connectivity index (χ2v) is 6.67. The third kappa shape index (κ3) is 2.61. The van der Waals surface area contributed by atoms with Gasteiger partial charge in [0.15, 0.2) is 5.43 Å². The molecule has 0 bridgehead atoms. The number of nitrogens with zero attached hydrogens (tertiary/aromatic N) is 1. The number of nitrogens with one attached hydrogen (secondary N) is 1. The molecule has 4 nitrogen and oxygen atoms in total. The Morgan fingerprint density at radius 3 is 2.56 bits per heavy atom. The molecule has 0 fully saturated rings. The van der Waals surface area contributed by atoms with Gasteiger partial charge in [0.05, 0.1) is 15.6 Å². The summed E-state index contributed by atoms with van der Waals surface area (Å²) < 4.78 is 28.6. The summed E-state index contributed by atoms with van der Waals surface area (Å²) >= 11 is 1.32. The third-order valence-corrected chi connectivity index (χ3v) is 5.14. The van der Waals surface area contributed by atoms with Crippen LogP contribution in [0.1, 0.15) is 0 Å². The summed E-state index contributed by atoms with van der Waals surface area (Å²) in [4.78, 5) is 17.5. The molecule has 0 atom stereocenters. The van der Waals surface area contributed by atoms with Crippen molar-refractivity contribution in [1.29, 1.82) is 0 Å². The van der Waals surface area contributed by atoms with Crippen molar-refractivity contribution in [3.05, 3.63) is 58.3 Å². The van der Waals surface area contributed by atoms with E-state index in [4.69, 9.17) is 5.73 Å². The van der Waals surface area contributed by atoms with Crippen LogP contribution in [0, 0.1) is 11.6 Å². The number of halogens is 2. The van der Waals surface area contributed by atoms with E-state index in [1.54, 1.807) is 6.07 Å². The molecule has 4 aromatic rings. The van der Waals surface area contributed by atoms with E-state index >= 15 is 0 Å². The minimum Gasteiger partial charge on any atom is -0.368 e. The van der Waals surface area contributed by atoms with Crippen molar-refractivity contribution in [2.75, 3.05) is 18.4 Å². The van der Waals surface area contributed by atoms with E-state index in [2.05, 4.69) is 10.3 Å². The highest BCUT2D eigenvalue weighted by Crippen LogP contribution is 2.34. The number of hydrogen-bond donors (Lipinski definition) is 2. The maximum absolute atomic E-state index is 13.8. The summed E-state index contributed by atoms with van der Waals surface area (Å²) in [6.07, 6.45) is 0. The summed E-state index contributed by atoms with van der Waals surface area (Å²) in [6, 6.07) is 8.20. The first-order valence-electron chi connectivity index (χ1n) is 7.68. The van der Waals surface area contributed by atoms with Crippen molar-refractivity contribution in [2.24, 2.45) is 5.73 Å². The average molecular weight is 357 g/mol. The number of aromatic nitrogens is 1. The lowest BCUT2D eigenvalue weighted by Crippen LogP contribution is -2.15. The second kappa shape index (κ2) is 6.02. The van der Waals surface area contributed by atoms with E-state index < -0.39 is 11.6 Å². The van der Waals surface area contributed by atoms with Crippen LogP contribution in [0.3, 0.4) is 0 Å². The normalized spacial score (nSPS) is 11.5. The molecule has 2 aromatic carbocycles. The first-order valence-corrected chi connectivity index (χ1v) is 8.49. The highest BCUT2D eigenvalue weighted by molar-refractivity contribution is 7.25. The van der Waals surface area contributed by atoms with Crippen molar-refractivity contribution in [3.63, 3.8) is 0 Å². The quantitative estimate of drug-likeness (QED) is 0.434. The standard InChI is InChI=1S/C18H13F2N3OS/c19-9-1-3-13-11(7-9)15-16(24)12-8-10(20)2-4-14(12)25-17(15)18(23-13)22-6-5-21/h1-4,7-8H,5-6,21H2,(H,22,23). The molecule has 0 aliphatic rings. The van der Waals surface area contributed by atoms with Crippen molar-refractivity contribution in [2.45, 2.75) is 0 Å². The van der Waals surface area contributed by atoms with Gasteiger partial charge >= 0.3 is 0 Å². The molecule has 0 aliphatic carbocycles. The molecule has 0 spiro atoms. The van der Waals surface area contributed by atoms with Crippen molar-refractivity contribution < 1.29 is 8.78 Å². The number of fused-ring (bicyclic) bond motifs is 4. The molecule has 7 heteroatoms. The second-order valence-electron chi connectivity index (χ2n) is 5.61. The molecular formula is C18H13F2N3OS. The minimum absolute atomic E-state index is 0.277. The molecule has 2 heterocycles. The predicted molar refractivity (Wildman–Crippen MR) is 98.4 cm³/mol. The first-order chi connectivity index (χ1) is 12.1. The monoisotopic (exact) mass is 357 g/mol. The van der Waals surface area contributed by atoms with Crippen LogP contribution in [0.25, 0.3) is 31.1 Å². The van der Waals surface area contributed by atoms with Gasteiger partial charge in [-0.3, -0.25) is 4.79 Å². The van der Waals surface area contributed by atoms with Crippen LogP contribution < -0.4 is 16.5 Å². The van der Waals surface area contributed by atoms with Gasteiger partial charge in [-0.15, -0.1) is 11.3 Å². The SMILES string of the molecule is NCCNc1nc2ccc(F)cc2c2c(=O)c3cc(F)ccc3sc12. The van der Waals surface area contributed by atoms with E-state index in [9.17, 15) is 13.6 Å². The molecule has 25 heavy (non-hydrogen) atoms. The van der Waals surface area contributed by atoms with Crippen molar-refractivity contribution in [3.8, 4) is 0 Å². The topological polar surface area (TPSA) is 68.0 Å². The van der Waals surface area contributed by atoms with Gasteiger partial charge in [0.1, 0.15) is 17.5 Å². The number of pyridine rings is 1. The van der Waals surface area contributed by atoms with Crippen LogP contribution in [-0.4, -0.2) is 18.1 Å². The zero-order chi connectivity index (χ0) is 17.6. The van der Waals surface area contributed by atoms with Gasteiger partial charge < -0.3 is 11.1 Å². The van der Waals surface area contributed by atoms with Crippen molar-refractivity contribution in [1.82, 2.24) is 4.98 Å². The van der Waals surface area contributed by atoms with Gasteiger partial charge in [-0.1, -0.05) is 0 Å². The Morgan fingerprint density at radius 1 is 1.08 bits per heavy atom. The lowest BCUT2D eigenvalue weighted by Gasteiger charge is -2.11. The fourth-order valence-electron chi connectivity index (χ4n) is 2.87. The first kappa shape index (κ1) is 15.9. The third-order valence-electron chi connectivity index (χ3n) is 3.96. The highest BCUT2D eigenvalue weighted by atomic mass is 32.1. The largest absolute Gasteiger partial charge is 0.368 e. The van der Waals surface area contributed by atoms with Crippen LogP contribution in [0.4, 0.5) is 14.6 Å². The van der Waals surface area contributed by atoms with Crippen LogP contribution in [0.5, 0.6) is 0 Å². The van der Waals surface area contributed by atoms with Crippen LogP contribution >= 0.6 is 11.3 Å². The number of benzene rings is 2. The van der Waals surface area contributed by atoms with Gasteiger partial charge in [0.25, 0.3) is 0 Å². The van der Waals surface area contributed by atoms with Crippen molar-refractivity contribution >= 4 is 48.2 Å². The van der Waals surface area contributed by atoms with Crippen LogP contribution in [0.15, 0.2) is 41.2 Å². The molecule has 0 saturated heterocycles. The highest BCUT2D eigenvalue weighted by Gasteiger charge is 2.15. The maximum Gasteiger partial charge on any atom is 0.196 e. The number of nitrogens with two attached hydrogens (primary N) is 1. The molecule has 0 aliphatic heterocycles. The molecular weight excluding hydrogens is 344 g/mol. The fourth-order valence-corrected chi connectivity index (χ4v) is 4.00. The molecule has 0 amide bonds. The molecule has 3 N–H and O–H groups in total. The van der Waals surface area contributed by atoms with Crippen LogP contribution in [0.2, 0.25) is 0 Å². The number of rotatable bonds is 3. The zero-order valence-corrected chi connectivity index (χ0v) is 13.8. The van der Waals surface area contributed by atoms with Crippen LogP contribution in [-0.2, 0) is 0 Å². The molecule has 0 unspecified atom stereocenters. The average Bonchev–Trinajstić information content (AvgIpc) is 2.60. The maximum atomic E-state index is 13.8. The van der Waals surface area contributed by atoms with E-state index in [-0.39, 0.29) is 10.8 Å². The fraction of sp³-hybridized carbons (Fsp3) is 0.111. The summed E-state index contributed by atoms with van der Waals surface area (Å²) in [6.45, 7) is 0.884. The van der Waals surface area contributed by atoms with Gasteiger partial charge in [0.2, 0.25) is 0 Å². The summed E-state index contributed by atoms with van der Waals surface area (Å²) in [7, 11) is 0. The molecule has 4 rings (SSSR count). The summed E-state index contributed by atoms with van der Waals surface area (Å²) in [5, 5.41) is 4.15. The van der Waals surface area contributed by atoms with Gasteiger partial charge in [-0.05, 0) is 36.4 Å². The number of hydrogen-bond acceptors (Lipinski definition) is 5. The van der Waals surface area contributed by atoms with E-state index in [0.717, 1.165) is 0 Å². The Bertz CT molecular complexity index is 1190. The Labute approximate surface area is 144 Å². The Balaban J connectivity index is 2.22. The molecule has 2 aromatic heterocycles. The zero-order valence-electron chi connectivity index (χ0n) is 13.0. The minimum atomic E-state index is -0.484. The Hall–Kier alpha value is -2.64. The van der Waals surface area contributed by atoms with E-state index in [0.29, 0.717) is 44.6 Å². The van der Waals surface area contributed by atoms with Gasteiger partial charge in [-0.25, -0.2) is 13.8 Å². The molecule has 0 saturated carbocycles. The van der Waals surface area contributed by atoms with Gasteiger partial charge in [0, 0.05) is 28.6 Å². The Morgan fingerprint density at radius 2 is 1.80 bits per heavy atom. The predicted octanol–water partition coefficient (Wildman–Crippen LogP) is 3.61. The smallest absolute Gasteiger partial charge is 0.196 e. The lowest BCUT2D eigenvalue weighted by molar-refractivity contribution is 0.629. The van der Waals surface area contributed by atoms with Gasteiger partial charge in [-0.2, -0.15) is 0 Å². The summed E-state index contributed by atoms with van der Waals surface area (Å²) in [5.74, 6) is -0.419.